The van der Waals surface area contributed by atoms with Crippen molar-refractivity contribution in [2.24, 2.45) is 0 Å². The summed E-state index contributed by atoms with van der Waals surface area (Å²) in [6, 6.07) is 3.15. The van der Waals surface area contributed by atoms with E-state index in [0.29, 0.717) is 12.1 Å². The minimum atomic E-state index is -1.46. The Morgan fingerprint density at radius 3 is 2.45 bits per heavy atom. The molecule has 0 atom stereocenters. The first-order valence-corrected chi connectivity index (χ1v) is 5.48. The zero-order valence-corrected chi connectivity index (χ0v) is 10.3. The molecule has 0 fully saturated rings. The minimum Gasteiger partial charge on any atom is -0.478 e. The fourth-order valence-electron chi connectivity index (χ4n) is 1.32. The lowest BCUT2D eigenvalue weighted by atomic mass is 10.3. The number of rotatable bonds is 3. The van der Waals surface area contributed by atoms with Crippen LogP contribution in [-0.2, 0) is 0 Å². The third-order valence-electron chi connectivity index (χ3n) is 2.23. The van der Waals surface area contributed by atoms with Gasteiger partial charge < -0.3 is 9.84 Å². The molecule has 4 nitrogen and oxygen atoms in total. The molecule has 20 heavy (non-hydrogen) atoms. The third kappa shape index (κ3) is 2.83. The molecule has 0 saturated carbocycles. The zero-order chi connectivity index (χ0) is 14.9. The number of nitrogens with zero attached hydrogens (tertiary/aromatic N) is 1. The van der Waals surface area contributed by atoms with Crippen molar-refractivity contribution in [2.75, 3.05) is 0 Å². The number of hydrogen-bond donors (Lipinski definition) is 1. The molecule has 1 aromatic heterocycles. The number of hydrogen-bond acceptors (Lipinski definition) is 3. The number of ether oxygens (including phenoxy) is 1. The zero-order valence-electron chi connectivity index (χ0n) is 9.53. The number of aromatic carboxylic acids is 1. The second-order valence-corrected chi connectivity index (χ2v) is 3.95. The van der Waals surface area contributed by atoms with Crippen LogP contribution in [0.1, 0.15) is 10.4 Å². The highest BCUT2D eigenvalue weighted by Gasteiger charge is 2.17. The SMILES string of the molecule is O=C(O)c1cc(F)c(Oc2ccc(F)c(F)c2)nc1Cl. The Labute approximate surface area is 115 Å². The molecular weight excluding hydrogens is 299 g/mol. The lowest BCUT2D eigenvalue weighted by molar-refractivity contribution is 0.0696. The van der Waals surface area contributed by atoms with Crippen LogP contribution in [0.5, 0.6) is 11.6 Å². The summed E-state index contributed by atoms with van der Waals surface area (Å²) in [5.41, 5.74) is -0.540. The summed E-state index contributed by atoms with van der Waals surface area (Å²) >= 11 is 5.55. The van der Waals surface area contributed by atoms with E-state index in [-0.39, 0.29) is 5.75 Å². The lowest BCUT2D eigenvalue weighted by Gasteiger charge is -2.07. The molecular formula is C12H5ClF3NO3. The van der Waals surface area contributed by atoms with Gasteiger partial charge in [-0.15, -0.1) is 0 Å². The Kier molecular flexibility index (Phi) is 3.80. The molecule has 1 aromatic carbocycles. The summed E-state index contributed by atoms with van der Waals surface area (Å²) in [6.07, 6.45) is 0. The standard InChI is InChI=1S/C12H5ClF3NO3/c13-10-6(12(18)19)4-9(16)11(17-10)20-5-1-2-7(14)8(15)3-5/h1-4H,(H,18,19). The van der Waals surface area contributed by atoms with Gasteiger partial charge in [-0.25, -0.2) is 18.0 Å². The molecule has 1 N–H and O–H groups in total. The Morgan fingerprint density at radius 2 is 1.85 bits per heavy atom. The molecule has 2 aromatic rings. The largest absolute Gasteiger partial charge is 0.478 e. The summed E-state index contributed by atoms with van der Waals surface area (Å²) in [6.45, 7) is 0. The second-order valence-electron chi connectivity index (χ2n) is 3.60. The Balaban J connectivity index is 2.36. The summed E-state index contributed by atoms with van der Waals surface area (Å²) in [4.78, 5) is 14.1. The number of halogens is 4. The molecule has 0 radical (unpaired) electrons. The molecule has 0 aliphatic rings. The van der Waals surface area contributed by atoms with Gasteiger partial charge >= 0.3 is 5.97 Å². The normalized spacial score (nSPS) is 10.4. The molecule has 1 heterocycles. The van der Waals surface area contributed by atoms with Crippen molar-refractivity contribution in [3.8, 4) is 11.6 Å². The maximum Gasteiger partial charge on any atom is 0.338 e. The Hall–Kier alpha value is -2.28. The van der Waals surface area contributed by atoms with Crippen molar-refractivity contribution < 1.29 is 27.8 Å². The van der Waals surface area contributed by atoms with E-state index in [1.54, 1.807) is 0 Å². The van der Waals surface area contributed by atoms with Gasteiger partial charge in [-0.05, 0) is 18.2 Å². The van der Waals surface area contributed by atoms with Crippen LogP contribution in [0.3, 0.4) is 0 Å². The number of aromatic nitrogens is 1. The van der Waals surface area contributed by atoms with Crippen molar-refractivity contribution in [1.29, 1.82) is 0 Å². The van der Waals surface area contributed by atoms with Gasteiger partial charge in [0.2, 0.25) is 0 Å². The number of carboxylic acid groups (broad SMARTS) is 1. The number of benzene rings is 1. The molecule has 2 rings (SSSR count). The van der Waals surface area contributed by atoms with Crippen molar-refractivity contribution in [3.05, 3.63) is 52.4 Å². The molecule has 0 spiro atoms. The first-order chi connectivity index (χ1) is 9.38. The van der Waals surface area contributed by atoms with Crippen LogP contribution in [0.25, 0.3) is 0 Å². The van der Waals surface area contributed by atoms with Gasteiger partial charge in [-0.2, -0.15) is 4.98 Å². The average Bonchev–Trinajstić information content (AvgIpc) is 2.37. The van der Waals surface area contributed by atoms with Crippen molar-refractivity contribution in [3.63, 3.8) is 0 Å². The maximum absolute atomic E-state index is 13.6. The van der Waals surface area contributed by atoms with E-state index in [9.17, 15) is 18.0 Å². The average molecular weight is 304 g/mol. The van der Waals surface area contributed by atoms with Gasteiger partial charge in [0.1, 0.15) is 10.9 Å². The maximum atomic E-state index is 13.6. The van der Waals surface area contributed by atoms with E-state index in [1.807, 2.05) is 0 Å². The van der Waals surface area contributed by atoms with Gasteiger partial charge in [-0.1, -0.05) is 11.6 Å². The van der Waals surface area contributed by atoms with Crippen LogP contribution >= 0.6 is 11.6 Å². The number of pyridine rings is 1. The van der Waals surface area contributed by atoms with E-state index in [2.05, 4.69) is 4.98 Å². The predicted molar refractivity (Wildman–Crippen MR) is 62.6 cm³/mol. The Morgan fingerprint density at radius 1 is 1.15 bits per heavy atom. The van der Waals surface area contributed by atoms with E-state index in [1.165, 1.54) is 0 Å². The number of carbonyl (C=O) groups is 1. The quantitative estimate of drug-likeness (QED) is 0.879. The summed E-state index contributed by atoms with van der Waals surface area (Å²) in [7, 11) is 0. The molecule has 8 heteroatoms. The molecule has 0 amide bonds. The van der Waals surface area contributed by atoms with Crippen LogP contribution in [-0.4, -0.2) is 16.1 Å². The van der Waals surface area contributed by atoms with E-state index in [4.69, 9.17) is 21.4 Å². The van der Waals surface area contributed by atoms with Crippen LogP contribution in [0.2, 0.25) is 5.15 Å². The van der Waals surface area contributed by atoms with Crippen molar-refractivity contribution in [2.45, 2.75) is 0 Å². The third-order valence-corrected chi connectivity index (χ3v) is 2.52. The predicted octanol–water partition coefficient (Wildman–Crippen LogP) is 3.64. The highest BCUT2D eigenvalue weighted by molar-refractivity contribution is 6.32. The second kappa shape index (κ2) is 5.38. The van der Waals surface area contributed by atoms with E-state index in [0.717, 1.165) is 12.1 Å². The van der Waals surface area contributed by atoms with Gasteiger partial charge in [0.25, 0.3) is 5.88 Å². The van der Waals surface area contributed by atoms with Crippen LogP contribution in [0, 0.1) is 17.5 Å². The monoisotopic (exact) mass is 303 g/mol. The molecule has 0 unspecified atom stereocenters. The fraction of sp³-hybridized carbons (Fsp3) is 0. The van der Waals surface area contributed by atoms with E-state index >= 15 is 0 Å². The van der Waals surface area contributed by atoms with Crippen molar-refractivity contribution in [1.82, 2.24) is 4.98 Å². The molecule has 0 aliphatic carbocycles. The van der Waals surface area contributed by atoms with Crippen molar-refractivity contribution >= 4 is 17.6 Å². The summed E-state index contributed by atoms with van der Waals surface area (Å²) < 4.78 is 44.1. The van der Waals surface area contributed by atoms with Gasteiger partial charge in [0.05, 0.1) is 5.56 Å². The van der Waals surface area contributed by atoms with Gasteiger partial charge in [0, 0.05) is 6.07 Å². The highest BCUT2D eigenvalue weighted by atomic mass is 35.5. The first-order valence-electron chi connectivity index (χ1n) is 5.10. The van der Waals surface area contributed by atoms with Crippen LogP contribution in [0.4, 0.5) is 13.2 Å². The molecule has 0 saturated heterocycles. The molecule has 104 valence electrons. The minimum absolute atomic E-state index is 0.213. The topological polar surface area (TPSA) is 59.4 Å². The number of carboxylic acids is 1. The lowest BCUT2D eigenvalue weighted by Crippen LogP contribution is -2.02. The van der Waals surface area contributed by atoms with Crippen LogP contribution < -0.4 is 4.74 Å². The fourth-order valence-corrected chi connectivity index (χ4v) is 1.54. The summed E-state index contributed by atoms with van der Waals surface area (Å²) in [5.74, 6) is -5.70. The van der Waals surface area contributed by atoms with Crippen LogP contribution in [0.15, 0.2) is 24.3 Å². The first kappa shape index (κ1) is 14.1. The molecule has 0 bridgehead atoms. The van der Waals surface area contributed by atoms with E-state index < -0.39 is 40.0 Å². The van der Waals surface area contributed by atoms with Gasteiger partial charge in [0.15, 0.2) is 17.5 Å². The highest BCUT2D eigenvalue weighted by Crippen LogP contribution is 2.27. The van der Waals surface area contributed by atoms with Gasteiger partial charge in [-0.3, -0.25) is 0 Å². The smallest absolute Gasteiger partial charge is 0.338 e. The Bertz CT molecular complexity index is 694. The molecule has 0 aliphatic heterocycles. The summed E-state index contributed by atoms with van der Waals surface area (Å²) in [5, 5.41) is 8.23.